The van der Waals surface area contributed by atoms with Gasteiger partial charge in [0.2, 0.25) is 5.83 Å². The average Bonchev–Trinajstić information content (AvgIpc) is 2.79. The summed E-state index contributed by atoms with van der Waals surface area (Å²) in [4.78, 5) is 11.3. The van der Waals surface area contributed by atoms with E-state index in [4.69, 9.17) is 0 Å². The van der Waals surface area contributed by atoms with Crippen LogP contribution < -0.4 is 0 Å². The van der Waals surface area contributed by atoms with Gasteiger partial charge in [0.05, 0.1) is 0 Å². The molecule has 0 N–H and O–H groups in total. The number of alkyl halides is 12. The normalized spacial score (nSPS) is 29.6. The Hall–Kier alpha value is -1.82. The monoisotopic (exact) mass is 506 g/mol. The lowest BCUT2D eigenvalue weighted by Crippen LogP contribution is -2.57. The Morgan fingerprint density at radius 3 is 1.84 bits per heavy atom. The van der Waals surface area contributed by atoms with Crippen molar-refractivity contribution in [3.63, 3.8) is 0 Å². The number of carbonyl (C=O) groups excluding carboxylic acids is 1. The molecule has 2 aliphatic heterocycles. The Morgan fingerprint density at radius 1 is 0.938 bits per heavy atom. The van der Waals surface area contributed by atoms with Gasteiger partial charge in [0.15, 0.2) is 0 Å². The molecular weight excluding hydrogens is 495 g/mol. The van der Waals surface area contributed by atoms with Crippen LogP contribution in [0.15, 0.2) is 11.4 Å². The van der Waals surface area contributed by atoms with E-state index in [1.807, 2.05) is 0 Å². The zero-order valence-corrected chi connectivity index (χ0v) is 14.4. The Kier molecular flexibility index (Phi) is 6.71. The minimum Gasteiger partial charge on any atom is -0.438 e. The van der Waals surface area contributed by atoms with Gasteiger partial charge in [-0.15, -0.1) is 0 Å². The van der Waals surface area contributed by atoms with Gasteiger partial charge >= 0.3 is 36.4 Å². The van der Waals surface area contributed by atoms with Crippen molar-refractivity contribution < 1.29 is 80.8 Å². The molecule has 2 aliphatic rings. The third-order valence-electron chi connectivity index (χ3n) is 4.01. The lowest BCUT2D eigenvalue weighted by molar-refractivity contribution is -0.402. The highest BCUT2D eigenvalue weighted by Gasteiger charge is 2.83. The molecule has 0 bridgehead atoms. The maximum atomic E-state index is 14.5. The summed E-state index contributed by atoms with van der Waals surface area (Å²) in [5, 5.41) is 0. The van der Waals surface area contributed by atoms with Gasteiger partial charge < -0.3 is 9.47 Å². The third-order valence-corrected chi connectivity index (χ3v) is 4.01. The number of esters is 1. The molecule has 2 rings (SSSR count). The zero-order valence-electron chi connectivity index (χ0n) is 14.4. The first-order chi connectivity index (χ1) is 13.5. The van der Waals surface area contributed by atoms with Gasteiger partial charge in [0, 0.05) is 0 Å². The summed E-state index contributed by atoms with van der Waals surface area (Å²) in [6, 6.07) is 0. The van der Waals surface area contributed by atoms with E-state index in [9.17, 15) is 61.9 Å². The van der Waals surface area contributed by atoms with Crippen molar-refractivity contribution in [1.82, 2.24) is 0 Å². The van der Waals surface area contributed by atoms with Crippen LogP contribution in [0.1, 0.15) is 14.4 Å². The van der Waals surface area contributed by atoms with Crippen LogP contribution >= 0.6 is 0 Å². The van der Waals surface area contributed by atoms with Gasteiger partial charge in [-0.05, 0) is 6.92 Å². The fourth-order valence-corrected chi connectivity index (χ4v) is 2.39. The van der Waals surface area contributed by atoms with E-state index < -0.39 is 79.4 Å². The molecule has 188 valence electrons. The lowest BCUT2D eigenvalue weighted by atomic mass is 10.0. The highest BCUT2D eigenvalue weighted by atomic mass is 19.4. The SMILES string of the molecule is C.CC(OC(=O)COCC1(F)OC(F)(F)C2(F)OC(F)(F)C(F)=C12)(C(F)(F)F)C(F)(F)F. The topological polar surface area (TPSA) is 54.0 Å². The van der Waals surface area contributed by atoms with E-state index in [1.54, 1.807) is 0 Å². The second-order valence-electron chi connectivity index (χ2n) is 6.25. The molecule has 1 saturated heterocycles. The standard InChI is InChI=1S/C13H7F13O5.CH4/c1-7(11(19,20)21,12(22,23)24)29-4(27)2-28-3-8(15)5-6(14)10(17,18)31-9(5,16)13(25,26)30-8;/h2-3H2,1H3;1H4. The maximum Gasteiger partial charge on any atom is 0.437 e. The second kappa shape index (κ2) is 7.61. The van der Waals surface area contributed by atoms with Gasteiger partial charge in [-0.25, -0.2) is 13.6 Å². The van der Waals surface area contributed by atoms with Crippen molar-refractivity contribution in [3.8, 4) is 0 Å². The Bertz CT molecular complexity index is 775. The molecule has 0 spiro atoms. The van der Waals surface area contributed by atoms with E-state index in [-0.39, 0.29) is 7.43 Å². The largest absolute Gasteiger partial charge is 0.438 e. The molecule has 2 unspecified atom stereocenters. The number of fused-ring (bicyclic) bond motifs is 1. The number of ether oxygens (including phenoxy) is 4. The number of hydrogen-bond donors (Lipinski definition) is 0. The van der Waals surface area contributed by atoms with Crippen LogP contribution in [0, 0.1) is 0 Å². The minimum atomic E-state index is -6.20. The molecule has 0 saturated carbocycles. The van der Waals surface area contributed by atoms with E-state index in [0.29, 0.717) is 0 Å². The van der Waals surface area contributed by atoms with Gasteiger partial charge in [-0.1, -0.05) is 7.43 Å². The summed E-state index contributed by atoms with van der Waals surface area (Å²) < 4.78 is 184. The van der Waals surface area contributed by atoms with Crippen molar-refractivity contribution in [2.24, 2.45) is 0 Å². The van der Waals surface area contributed by atoms with Crippen molar-refractivity contribution >= 4 is 5.97 Å². The van der Waals surface area contributed by atoms with E-state index in [1.165, 1.54) is 0 Å². The molecule has 1 fully saturated rings. The molecule has 0 radical (unpaired) electrons. The molecule has 2 heterocycles. The predicted octanol–water partition coefficient (Wildman–Crippen LogP) is 4.87. The molecule has 0 aliphatic carbocycles. The first kappa shape index (κ1) is 28.2. The molecule has 0 amide bonds. The van der Waals surface area contributed by atoms with E-state index in [2.05, 4.69) is 18.9 Å². The number of hydrogen-bond acceptors (Lipinski definition) is 5. The first-order valence-corrected chi connectivity index (χ1v) is 7.42. The summed E-state index contributed by atoms with van der Waals surface area (Å²) in [6.45, 7) is -4.90. The molecular formula is C14H11F13O5. The molecule has 0 aromatic carbocycles. The molecule has 18 heteroatoms. The quantitative estimate of drug-likeness (QED) is 0.394. The smallest absolute Gasteiger partial charge is 0.437 e. The fourth-order valence-electron chi connectivity index (χ4n) is 2.39. The Balaban J connectivity index is 0.00000512. The predicted molar refractivity (Wildman–Crippen MR) is 72.0 cm³/mol. The highest BCUT2D eigenvalue weighted by Crippen LogP contribution is 2.63. The number of halogens is 13. The number of rotatable bonds is 5. The number of carbonyl (C=O) groups is 1. The summed E-state index contributed by atoms with van der Waals surface area (Å²) in [5.74, 6) is -15.5. The van der Waals surface area contributed by atoms with Crippen LogP contribution in [-0.4, -0.2) is 61.1 Å². The van der Waals surface area contributed by atoms with Crippen molar-refractivity contribution in [2.45, 2.75) is 56.2 Å². The van der Waals surface area contributed by atoms with Crippen LogP contribution in [-0.2, 0) is 23.7 Å². The van der Waals surface area contributed by atoms with Crippen LogP contribution in [0.3, 0.4) is 0 Å². The van der Waals surface area contributed by atoms with Crippen LogP contribution in [0.25, 0.3) is 0 Å². The van der Waals surface area contributed by atoms with Gasteiger partial charge in [0.1, 0.15) is 18.8 Å². The summed E-state index contributed by atoms with van der Waals surface area (Å²) in [5.41, 5.74) is -7.81. The molecule has 2 atom stereocenters. The van der Waals surface area contributed by atoms with Crippen LogP contribution in [0.4, 0.5) is 57.1 Å². The summed E-state index contributed by atoms with van der Waals surface area (Å²) in [7, 11) is 0. The Labute approximate surface area is 169 Å². The first-order valence-electron chi connectivity index (χ1n) is 7.42. The summed E-state index contributed by atoms with van der Waals surface area (Å²) >= 11 is 0. The maximum absolute atomic E-state index is 14.5. The molecule has 0 aromatic rings. The lowest BCUT2D eigenvalue weighted by Gasteiger charge is -2.33. The average molecular weight is 506 g/mol. The van der Waals surface area contributed by atoms with E-state index in [0.717, 1.165) is 0 Å². The fraction of sp³-hybridized carbons (Fsp3) is 0.786. The molecule has 32 heavy (non-hydrogen) atoms. The third kappa shape index (κ3) is 4.11. The van der Waals surface area contributed by atoms with E-state index >= 15 is 0 Å². The summed E-state index contributed by atoms with van der Waals surface area (Å²) in [6.07, 6.45) is -23.4. The van der Waals surface area contributed by atoms with Gasteiger partial charge in [0.25, 0.3) is 11.5 Å². The molecule has 5 nitrogen and oxygen atoms in total. The van der Waals surface area contributed by atoms with Crippen molar-refractivity contribution in [1.29, 1.82) is 0 Å². The van der Waals surface area contributed by atoms with Crippen LogP contribution in [0.2, 0.25) is 0 Å². The Morgan fingerprint density at radius 2 is 1.41 bits per heavy atom. The second-order valence-corrected chi connectivity index (χ2v) is 6.25. The van der Waals surface area contributed by atoms with Gasteiger partial charge in [-0.2, -0.15) is 48.3 Å². The van der Waals surface area contributed by atoms with Crippen molar-refractivity contribution in [2.75, 3.05) is 13.2 Å². The van der Waals surface area contributed by atoms with Crippen molar-refractivity contribution in [3.05, 3.63) is 11.4 Å². The van der Waals surface area contributed by atoms with Gasteiger partial charge in [-0.3, -0.25) is 9.47 Å². The molecule has 0 aromatic heterocycles. The zero-order chi connectivity index (χ0) is 24.5. The van der Waals surface area contributed by atoms with Crippen LogP contribution in [0.5, 0.6) is 0 Å². The minimum absolute atomic E-state index is 0. The highest BCUT2D eigenvalue weighted by molar-refractivity contribution is 5.71.